The van der Waals surface area contributed by atoms with Gasteiger partial charge < -0.3 is 9.90 Å². The first-order valence-electron chi connectivity index (χ1n) is 2.70. The van der Waals surface area contributed by atoms with Crippen molar-refractivity contribution in [2.24, 2.45) is 5.41 Å². The average Bonchev–Trinajstić information content (AvgIpc) is 1.62. The van der Waals surface area contributed by atoms with E-state index in [1.54, 1.807) is 0 Å². The van der Waals surface area contributed by atoms with Crippen molar-refractivity contribution in [3.8, 4) is 0 Å². The van der Waals surface area contributed by atoms with Crippen molar-refractivity contribution < 1.29 is 9.90 Å². The summed E-state index contributed by atoms with van der Waals surface area (Å²) in [5.41, 5.74) is -0.195. The summed E-state index contributed by atoms with van der Waals surface area (Å²) in [5, 5.41) is 10.2. The lowest BCUT2D eigenvalue weighted by atomic mass is 9.92. The minimum absolute atomic E-state index is 0.195. The van der Waals surface area contributed by atoms with Gasteiger partial charge in [-0.1, -0.05) is 43.4 Å². The van der Waals surface area contributed by atoms with Crippen LogP contribution in [0.2, 0.25) is 0 Å². The van der Waals surface area contributed by atoms with Gasteiger partial charge in [0.1, 0.15) is 0 Å². The Kier molecular flexibility index (Phi) is 2.92. The van der Waals surface area contributed by atoms with Crippen LogP contribution in [0.3, 0.4) is 0 Å². The summed E-state index contributed by atoms with van der Waals surface area (Å²) in [6.07, 6.45) is 0. The van der Waals surface area contributed by atoms with Crippen molar-refractivity contribution in [3.05, 3.63) is 0 Å². The molecule has 0 aromatic heterocycles. The fourth-order valence-corrected chi connectivity index (χ4v) is 0.354. The maximum Gasteiger partial charge on any atom is 0.0553 e. The molecule has 3 heteroatoms. The molecule has 0 aliphatic heterocycles. The maximum absolute atomic E-state index is 10.2. The number of aliphatic carboxylic acids is 1. The smallest absolute Gasteiger partial charge is 0.0553 e. The van der Waals surface area contributed by atoms with Gasteiger partial charge in [0.05, 0.1) is 9.89 Å². The van der Waals surface area contributed by atoms with Crippen molar-refractivity contribution in [3.63, 3.8) is 0 Å². The van der Waals surface area contributed by atoms with Crippen LogP contribution < -0.4 is 5.11 Å². The normalized spacial score (nSPS) is 15.1. The second-order valence-electron chi connectivity index (χ2n) is 3.05. The maximum atomic E-state index is 10.2. The number of halogens is 1. The van der Waals surface area contributed by atoms with Crippen LogP contribution in [0.15, 0.2) is 0 Å². The molecule has 0 aliphatic rings. The molecular weight excluding hydrogens is 231 g/mol. The molecule has 54 valence electrons. The third-order valence-electron chi connectivity index (χ3n) is 0.967. The van der Waals surface area contributed by atoms with Gasteiger partial charge in [0.2, 0.25) is 0 Å². The van der Waals surface area contributed by atoms with Gasteiger partial charge in [-0.3, -0.25) is 0 Å². The number of hydrogen-bond donors (Lipinski definition) is 0. The van der Waals surface area contributed by atoms with Crippen molar-refractivity contribution in [1.29, 1.82) is 0 Å². The van der Waals surface area contributed by atoms with Gasteiger partial charge in [-0.25, -0.2) is 0 Å². The highest BCUT2D eigenvalue weighted by atomic mass is 127. The van der Waals surface area contributed by atoms with Gasteiger partial charge in [0, 0.05) is 0 Å². The van der Waals surface area contributed by atoms with Gasteiger partial charge in [-0.2, -0.15) is 0 Å². The zero-order chi connectivity index (χ0) is 7.65. The van der Waals surface area contributed by atoms with Crippen molar-refractivity contribution in [2.75, 3.05) is 0 Å². The van der Waals surface area contributed by atoms with E-state index in [9.17, 15) is 9.90 Å². The lowest BCUT2D eigenvalue weighted by Crippen LogP contribution is -2.39. The van der Waals surface area contributed by atoms with Crippen molar-refractivity contribution in [2.45, 2.75) is 24.7 Å². The highest BCUT2D eigenvalue weighted by molar-refractivity contribution is 14.1. The highest BCUT2D eigenvalue weighted by Gasteiger charge is 2.21. The van der Waals surface area contributed by atoms with Gasteiger partial charge in [0.25, 0.3) is 0 Å². The molecule has 0 saturated carbocycles. The van der Waals surface area contributed by atoms with Crippen LogP contribution in [0, 0.1) is 5.41 Å². The SMILES string of the molecule is CC(C)(C)C(I)C(=O)[O-]. The van der Waals surface area contributed by atoms with E-state index in [2.05, 4.69) is 0 Å². The minimum atomic E-state index is -0.983. The number of alkyl halides is 1. The number of carbonyl (C=O) groups is 1. The van der Waals surface area contributed by atoms with E-state index < -0.39 is 9.89 Å². The Morgan fingerprint density at radius 2 is 1.89 bits per heavy atom. The molecule has 0 rings (SSSR count). The molecule has 0 aromatic carbocycles. The molecule has 1 unspecified atom stereocenters. The van der Waals surface area contributed by atoms with E-state index in [0.29, 0.717) is 0 Å². The molecule has 0 amide bonds. The first kappa shape index (κ1) is 9.20. The Hall–Kier alpha value is 0.200. The third-order valence-corrected chi connectivity index (χ3v) is 3.34. The number of rotatable bonds is 1. The van der Waals surface area contributed by atoms with Crippen LogP contribution in [0.4, 0.5) is 0 Å². The first-order chi connectivity index (χ1) is 3.85. The van der Waals surface area contributed by atoms with Gasteiger partial charge in [-0.15, -0.1) is 0 Å². The van der Waals surface area contributed by atoms with Crippen LogP contribution in [0.1, 0.15) is 20.8 Å². The molecule has 0 spiro atoms. The molecular formula is C6H10IO2-. The number of carboxylic acid groups (broad SMARTS) is 1. The Bertz CT molecular complexity index is 115. The summed E-state index contributed by atoms with van der Waals surface area (Å²) in [7, 11) is 0. The standard InChI is InChI=1S/C6H11IO2/c1-6(2,3)4(7)5(8)9/h4H,1-3H3,(H,8,9)/p-1. The van der Waals surface area contributed by atoms with Gasteiger partial charge >= 0.3 is 0 Å². The predicted octanol–water partition coefficient (Wildman–Crippen LogP) is 0.586. The summed E-state index contributed by atoms with van der Waals surface area (Å²) < 4.78 is -0.407. The fraction of sp³-hybridized carbons (Fsp3) is 0.833. The Balaban J connectivity index is 4.04. The summed E-state index contributed by atoms with van der Waals surface area (Å²) >= 11 is 1.88. The van der Waals surface area contributed by atoms with Crippen molar-refractivity contribution >= 4 is 28.6 Å². The quantitative estimate of drug-likeness (QED) is 0.497. The monoisotopic (exact) mass is 241 g/mol. The van der Waals surface area contributed by atoms with E-state index in [4.69, 9.17) is 0 Å². The second-order valence-corrected chi connectivity index (χ2v) is 4.29. The lowest BCUT2D eigenvalue weighted by molar-refractivity contribution is -0.305. The Morgan fingerprint density at radius 1 is 1.56 bits per heavy atom. The summed E-state index contributed by atoms with van der Waals surface area (Å²) in [6, 6.07) is 0. The van der Waals surface area contributed by atoms with E-state index in [1.165, 1.54) is 0 Å². The number of hydrogen-bond acceptors (Lipinski definition) is 2. The topological polar surface area (TPSA) is 40.1 Å². The van der Waals surface area contributed by atoms with Gasteiger partial charge in [0.15, 0.2) is 0 Å². The molecule has 0 N–H and O–H groups in total. The zero-order valence-electron chi connectivity index (χ0n) is 5.77. The molecule has 0 radical (unpaired) electrons. The molecule has 9 heavy (non-hydrogen) atoms. The van der Waals surface area contributed by atoms with Crippen LogP contribution in [0.5, 0.6) is 0 Å². The lowest BCUT2D eigenvalue weighted by Gasteiger charge is -2.25. The zero-order valence-corrected chi connectivity index (χ0v) is 7.93. The van der Waals surface area contributed by atoms with Crippen LogP contribution in [0.25, 0.3) is 0 Å². The average molecular weight is 241 g/mol. The van der Waals surface area contributed by atoms with E-state index >= 15 is 0 Å². The molecule has 0 heterocycles. The first-order valence-corrected chi connectivity index (χ1v) is 3.95. The van der Waals surface area contributed by atoms with Crippen LogP contribution >= 0.6 is 22.6 Å². The molecule has 0 fully saturated rings. The highest BCUT2D eigenvalue weighted by Crippen LogP contribution is 2.25. The summed E-state index contributed by atoms with van der Waals surface area (Å²) in [6.45, 7) is 5.62. The molecule has 0 aromatic rings. The second kappa shape index (κ2) is 2.86. The minimum Gasteiger partial charge on any atom is -0.549 e. The predicted molar refractivity (Wildman–Crippen MR) is 42.3 cm³/mol. The molecule has 2 nitrogen and oxygen atoms in total. The largest absolute Gasteiger partial charge is 0.549 e. The Labute approximate surface area is 68.8 Å². The summed E-state index contributed by atoms with van der Waals surface area (Å²) in [4.78, 5) is 10.2. The van der Waals surface area contributed by atoms with Crippen LogP contribution in [-0.2, 0) is 4.79 Å². The molecule has 0 aliphatic carbocycles. The van der Waals surface area contributed by atoms with Crippen molar-refractivity contribution in [1.82, 2.24) is 0 Å². The summed E-state index contributed by atoms with van der Waals surface area (Å²) in [5.74, 6) is -0.983. The van der Waals surface area contributed by atoms with Crippen LogP contribution in [-0.4, -0.2) is 9.89 Å². The van der Waals surface area contributed by atoms with Gasteiger partial charge in [-0.05, 0) is 5.41 Å². The number of carbonyl (C=O) groups excluding carboxylic acids is 1. The van der Waals surface area contributed by atoms with E-state index in [-0.39, 0.29) is 5.41 Å². The van der Waals surface area contributed by atoms with E-state index in [1.807, 2.05) is 43.4 Å². The number of carboxylic acids is 1. The Morgan fingerprint density at radius 3 is 1.89 bits per heavy atom. The third kappa shape index (κ3) is 3.03. The van der Waals surface area contributed by atoms with E-state index in [0.717, 1.165) is 0 Å². The molecule has 0 bridgehead atoms. The molecule has 0 saturated heterocycles. The fourth-order valence-electron chi connectivity index (χ4n) is 0.354. The molecule has 1 atom stereocenters.